The number of benzene rings is 1. The van der Waals surface area contributed by atoms with Crippen LogP contribution in [0.3, 0.4) is 0 Å². The summed E-state index contributed by atoms with van der Waals surface area (Å²) in [6, 6.07) is 4.31. The number of alkyl halides is 1. The van der Waals surface area contributed by atoms with E-state index in [1.165, 1.54) is 25.3 Å². The van der Waals surface area contributed by atoms with Gasteiger partial charge < -0.3 is 14.2 Å². The third kappa shape index (κ3) is 1.37. The number of rotatable bonds is 1. The van der Waals surface area contributed by atoms with Gasteiger partial charge in [-0.1, -0.05) is 0 Å². The van der Waals surface area contributed by atoms with Crippen molar-refractivity contribution in [2.24, 2.45) is 0 Å². The van der Waals surface area contributed by atoms with Gasteiger partial charge in [-0.2, -0.15) is 4.39 Å². The second-order valence-corrected chi connectivity index (χ2v) is 2.66. The molecule has 0 bridgehead atoms. The first-order valence-electron chi connectivity index (χ1n) is 3.90. The molecule has 0 radical (unpaired) electrons. The van der Waals surface area contributed by atoms with Gasteiger partial charge in [0.05, 0.1) is 12.7 Å². The van der Waals surface area contributed by atoms with Crippen molar-refractivity contribution in [3.8, 4) is 11.5 Å². The van der Waals surface area contributed by atoms with Crippen molar-refractivity contribution in [1.82, 2.24) is 0 Å². The van der Waals surface area contributed by atoms with E-state index in [1.807, 2.05) is 0 Å². The summed E-state index contributed by atoms with van der Waals surface area (Å²) in [4.78, 5) is 11.1. The van der Waals surface area contributed by atoms with E-state index in [9.17, 15) is 9.18 Å². The highest BCUT2D eigenvalue weighted by Crippen LogP contribution is 2.35. The maximum absolute atomic E-state index is 12.6. The summed E-state index contributed by atoms with van der Waals surface area (Å²) in [5.74, 6) is -0.00994. The van der Waals surface area contributed by atoms with E-state index in [1.54, 1.807) is 0 Å². The van der Waals surface area contributed by atoms with E-state index < -0.39 is 12.5 Å². The molecule has 1 aliphatic rings. The Morgan fingerprint density at radius 1 is 1.43 bits per heavy atom. The van der Waals surface area contributed by atoms with Crippen LogP contribution < -0.4 is 9.47 Å². The third-order valence-corrected chi connectivity index (χ3v) is 1.80. The minimum Gasteiger partial charge on any atom is -0.465 e. The first-order chi connectivity index (χ1) is 6.70. The van der Waals surface area contributed by atoms with E-state index in [2.05, 4.69) is 14.2 Å². The molecule has 5 heteroatoms. The number of fused-ring (bicyclic) bond motifs is 1. The molecule has 0 fully saturated rings. The zero-order chi connectivity index (χ0) is 10.1. The van der Waals surface area contributed by atoms with Crippen molar-refractivity contribution in [2.45, 2.75) is 6.54 Å². The molecule has 4 nitrogen and oxygen atoms in total. The summed E-state index contributed by atoms with van der Waals surface area (Å²) in [5.41, 5.74) is 0.295. The van der Waals surface area contributed by atoms with Crippen LogP contribution in [-0.2, 0) is 4.74 Å². The number of carbonyl (C=O) groups is 1. The van der Waals surface area contributed by atoms with Crippen LogP contribution in [0.4, 0.5) is 4.39 Å². The van der Waals surface area contributed by atoms with Gasteiger partial charge in [-0.05, 0) is 18.2 Å². The lowest BCUT2D eigenvalue weighted by atomic mass is 10.2. The number of hydrogen-bond donors (Lipinski definition) is 0. The highest BCUT2D eigenvalue weighted by molar-refractivity contribution is 5.90. The summed E-state index contributed by atoms with van der Waals surface area (Å²) in [6.45, 7) is -1.79. The number of methoxy groups -OCH3 is 1. The van der Waals surface area contributed by atoms with Gasteiger partial charge in [0.2, 0.25) is 0 Å². The fourth-order valence-corrected chi connectivity index (χ4v) is 1.17. The van der Waals surface area contributed by atoms with Crippen LogP contribution in [0.2, 0.25) is 0 Å². The molecule has 0 aromatic heterocycles. The molecule has 14 heavy (non-hydrogen) atoms. The lowest BCUT2D eigenvalue weighted by Gasteiger charge is -1.99. The predicted octanol–water partition coefficient (Wildman–Crippen LogP) is 1.50. The van der Waals surface area contributed by atoms with Crippen molar-refractivity contribution < 1.29 is 23.4 Å². The van der Waals surface area contributed by atoms with Gasteiger partial charge in [-0.25, -0.2) is 4.79 Å². The molecule has 1 aliphatic heterocycles. The summed E-state index contributed by atoms with van der Waals surface area (Å²) >= 11 is 0. The molecular weight excluding hydrogens is 191 g/mol. The van der Waals surface area contributed by atoms with Crippen molar-refractivity contribution in [2.75, 3.05) is 7.11 Å². The van der Waals surface area contributed by atoms with Crippen LogP contribution in [-0.4, -0.2) is 19.6 Å². The Balaban J connectivity index is 2.33. The molecule has 0 saturated carbocycles. The Morgan fingerprint density at radius 3 is 2.86 bits per heavy atom. The lowest BCUT2D eigenvalue weighted by Crippen LogP contribution is -2.09. The molecule has 1 aromatic rings. The molecular formula is C9H7FO4. The summed E-state index contributed by atoms with van der Waals surface area (Å²) in [5, 5.41) is 0. The average molecular weight is 198 g/mol. The van der Waals surface area contributed by atoms with Crippen LogP contribution in [0.15, 0.2) is 18.2 Å². The fraction of sp³-hybridized carbons (Fsp3) is 0.222. The van der Waals surface area contributed by atoms with E-state index in [4.69, 9.17) is 0 Å². The molecule has 2 rings (SSSR count). The molecule has 74 valence electrons. The summed E-state index contributed by atoms with van der Waals surface area (Å²) in [7, 11) is 1.27. The Labute approximate surface area is 79.2 Å². The molecule has 0 aliphatic carbocycles. The SMILES string of the molecule is COC(=O)c1ccc2c(c1)OC(F)O2. The average Bonchev–Trinajstić information content (AvgIpc) is 2.55. The number of carbonyl (C=O) groups excluding carboxylic acids is 1. The van der Waals surface area contributed by atoms with Gasteiger partial charge in [-0.15, -0.1) is 0 Å². The highest BCUT2D eigenvalue weighted by atomic mass is 19.2. The van der Waals surface area contributed by atoms with Gasteiger partial charge >= 0.3 is 12.5 Å². The number of hydrogen-bond acceptors (Lipinski definition) is 4. The van der Waals surface area contributed by atoms with Crippen LogP contribution in [0.1, 0.15) is 10.4 Å². The van der Waals surface area contributed by atoms with Gasteiger partial charge in [0.1, 0.15) is 0 Å². The molecule has 1 heterocycles. The fourth-order valence-electron chi connectivity index (χ4n) is 1.17. The third-order valence-electron chi connectivity index (χ3n) is 1.80. The predicted molar refractivity (Wildman–Crippen MR) is 43.9 cm³/mol. The molecule has 0 N–H and O–H groups in total. The van der Waals surface area contributed by atoms with Crippen molar-refractivity contribution >= 4 is 5.97 Å². The van der Waals surface area contributed by atoms with E-state index in [0.717, 1.165) is 0 Å². The van der Waals surface area contributed by atoms with Crippen LogP contribution >= 0.6 is 0 Å². The standard InChI is InChI=1S/C9H7FO4/c1-12-8(11)5-2-3-6-7(4-5)14-9(10)13-6/h2-4,9H,1H3. The van der Waals surface area contributed by atoms with Crippen LogP contribution in [0.5, 0.6) is 11.5 Å². The maximum Gasteiger partial charge on any atom is 0.397 e. The molecule has 0 saturated heterocycles. The molecule has 1 unspecified atom stereocenters. The Morgan fingerprint density at radius 2 is 2.14 bits per heavy atom. The summed E-state index contributed by atoms with van der Waals surface area (Å²) < 4.78 is 26.3. The van der Waals surface area contributed by atoms with Crippen LogP contribution in [0.25, 0.3) is 0 Å². The summed E-state index contributed by atoms with van der Waals surface area (Å²) in [6.07, 6.45) is 0. The lowest BCUT2D eigenvalue weighted by molar-refractivity contribution is -0.0652. The van der Waals surface area contributed by atoms with Crippen molar-refractivity contribution in [3.05, 3.63) is 23.8 Å². The van der Waals surface area contributed by atoms with Gasteiger partial charge in [0, 0.05) is 0 Å². The minimum atomic E-state index is -1.79. The van der Waals surface area contributed by atoms with E-state index in [0.29, 0.717) is 5.56 Å². The normalized spacial score (nSPS) is 18.0. The van der Waals surface area contributed by atoms with Crippen LogP contribution in [0, 0.1) is 0 Å². The molecule has 0 amide bonds. The van der Waals surface area contributed by atoms with E-state index in [-0.39, 0.29) is 11.5 Å². The molecule has 1 atom stereocenters. The van der Waals surface area contributed by atoms with Gasteiger partial charge in [0.15, 0.2) is 11.5 Å². The quantitative estimate of drug-likeness (QED) is 0.641. The topological polar surface area (TPSA) is 44.8 Å². The Bertz CT molecular complexity index is 377. The Hall–Kier alpha value is -1.78. The minimum absolute atomic E-state index is 0.209. The molecule has 1 aromatic carbocycles. The number of esters is 1. The second-order valence-electron chi connectivity index (χ2n) is 2.66. The zero-order valence-electron chi connectivity index (χ0n) is 7.32. The maximum atomic E-state index is 12.6. The van der Waals surface area contributed by atoms with Crippen molar-refractivity contribution in [1.29, 1.82) is 0 Å². The Kier molecular flexibility index (Phi) is 1.99. The second kappa shape index (κ2) is 3.17. The monoisotopic (exact) mass is 198 g/mol. The van der Waals surface area contributed by atoms with Crippen molar-refractivity contribution in [3.63, 3.8) is 0 Å². The first kappa shape index (κ1) is 8.80. The molecule has 0 spiro atoms. The zero-order valence-corrected chi connectivity index (χ0v) is 7.32. The smallest absolute Gasteiger partial charge is 0.397 e. The van der Waals surface area contributed by atoms with E-state index >= 15 is 0 Å². The highest BCUT2D eigenvalue weighted by Gasteiger charge is 2.24. The van der Waals surface area contributed by atoms with Gasteiger partial charge in [-0.3, -0.25) is 0 Å². The number of ether oxygens (including phenoxy) is 3. The number of halogens is 1. The first-order valence-corrected chi connectivity index (χ1v) is 3.90. The van der Waals surface area contributed by atoms with Gasteiger partial charge in [0.25, 0.3) is 0 Å². The largest absolute Gasteiger partial charge is 0.465 e.